The summed E-state index contributed by atoms with van der Waals surface area (Å²) in [6.45, 7) is 8.23. The molecule has 24 heavy (non-hydrogen) atoms. The summed E-state index contributed by atoms with van der Waals surface area (Å²) in [5, 5.41) is -0.000692. The average Bonchev–Trinajstić information content (AvgIpc) is 2.98. The molecule has 0 aromatic heterocycles. The van der Waals surface area contributed by atoms with Crippen molar-refractivity contribution in [2.45, 2.75) is 25.6 Å². The number of thioether (sulfide) groups is 1. The van der Waals surface area contributed by atoms with Crippen LogP contribution in [0.2, 0.25) is 0 Å². The van der Waals surface area contributed by atoms with Gasteiger partial charge in [-0.3, -0.25) is 4.79 Å². The van der Waals surface area contributed by atoms with E-state index in [0.29, 0.717) is 11.5 Å². The molecule has 1 unspecified atom stereocenters. The van der Waals surface area contributed by atoms with Gasteiger partial charge in [-0.05, 0) is 32.1 Å². The monoisotopic (exact) mass is 352 g/mol. The fourth-order valence-electron chi connectivity index (χ4n) is 3.06. The van der Waals surface area contributed by atoms with Crippen LogP contribution >= 0.6 is 11.8 Å². The van der Waals surface area contributed by atoms with E-state index in [0.717, 1.165) is 43.9 Å². The van der Waals surface area contributed by atoms with E-state index < -0.39 is 0 Å². The Hall–Kier alpha value is -1.40. The zero-order chi connectivity index (χ0) is 17.5. The molecule has 0 N–H and O–H groups in total. The molecule has 0 saturated carbocycles. The molecule has 1 fully saturated rings. The number of amides is 1. The highest BCUT2D eigenvalue weighted by molar-refractivity contribution is 8.00. The van der Waals surface area contributed by atoms with Gasteiger partial charge in [-0.2, -0.15) is 0 Å². The summed E-state index contributed by atoms with van der Waals surface area (Å²) < 4.78 is 11.0. The Balaban J connectivity index is 2.13. The molecule has 1 aliphatic heterocycles. The van der Waals surface area contributed by atoms with Crippen LogP contribution in [-0.2, 0) is 4.79 Å². The molecule has 1 amide bonds. The molecule has 0 aliphatic carbocycles. The summed E-state index contributed by atoms with van der Waals surface area (Å²) >= 11 is 1.66. The van der Waals surface area contributed by atoms with Crippen LogP contribution < -0.4 is 9.47 Å². The molecule has 134 valence electrons. The minimum Gasteiger partial charge on any atom is -0.493 e. The fraction of sp³-hybridized carbons (Fsp3) is 0.611. The fourth-order valence-corrected chi connectivity index (χ4v) is 4.30. The van der Waals surface area contributed by atoms with Crippen molar-refractivity contribution in [2.75, 3.05) is 46.2 Å². The Kier molecular flexibility index (Phi) is 7.24. The summed E-state index contributed by atoms with van der Waals surface area (Å²) in [6.07, 6.45) is 0.983. The third kappa shape index (κ3) is 4.16. The van der Waals surface area contributed by atoms with Crippen molar-refractivity contribution in [3.05, 3.63) is 23.8 Å². The lowest BCUT2D eigenvalue weighted by molar-refractivity contribution is -0.128. The van der Waals surface area contributed by atoms with Crippen LogP contribution in [-0.4, -0.2) is 61.9 Å². The van der Waals surface area contributed by atoms with Crippen LogP contribution in [0, 0.1) is 0 Å². The molecule has 0 spiro atoms. The number of rotatable bonds is 9. The number of benzene rings is 1. The molecular weight excluding hydrogens is 324 g/mol. The summed E-state index contributed by atoms with van der Waals surface area (Å²) in [4.78, 5) is 16.7. The number of carbonyl (C=O) groups excluding carboxylic acids is 1. The predicted octanol–water partition coefficient (Wildman–Crippen LogP) is 3.01. The number of hydrogen-bond donors (Lipinski definition) is 0. The summed E-state index contributed by atoms with van der Waals surface area (Å²) in [6, 6.07) is 5.86. The van der Waals surface area contributed by atoms with Crippen molar-refractivity contribution >= 4 is 17.7 Å². The molecule has 6 heteroatoms. The minimum atomic E-state index is -0.000692. The summed E-state index contributed by atoms with van der Waals surface area (Å²) in [5.41, 5.74) is 1.01. The average molecular weight is 353 g/mol. The van der Waals surface area contributed by atoms with E-state index in [2.05, 4.69) is 18.7 Å². The number of hydrogen-bond acceptors (Lipinski definition) is 5. The Morgan fingerprint density at radius 3 is 2.62 bits per heavy atom. The molecule has 1 atom stereocenters. The maximum absolute atomic E-state index is 12.3. The molecule has 5 nitrogen and oxygen atoms in total. The van der Waals surface area contributed by atoms with E-state index in [1.165, 1.54) is 0 Å². The zero-order valence-corrected chi connectivity index (χ0v) is 15.9. The third-order valence-electron chi connectivity index (χ3n) is 4.44. The van der Waals surface area contributed by atoms with Crippen LogP contribution in [0.25, 0.3) is 0 Å². The van der Waals surface area contributed by atoms with Crippen LogP contribution in [0.1, 0.15) is 31.2 Å². The van der Waals surface area contributed by atoms with Crippen molar-refractivity contribution in [2.24, 2.45) is 0 Å². The molecule has 2 rings (SSSR count). The van der Waals surface area contributed by atoms with E-state index in [1.807, 2.05) is 23.1 Å². The smallest absolute Gasteiger partial charge is 0.233 e. The van der Waals surface area contributed by atoms with E-state index in [4.69, 9.17) is 9.47 Å². The standard InChI is InChI=1S/C18H28N2O3S/c1-5-19(6-2)11-8-12-20-16(21)13-24-18(20)14-9-7-10-15(22-3)17(14)23-4/h7,9-10,18H,5-6,8,11-13H2,1-4H3. The van der Waals surface area contributed by atoms with Gasteiger partial charge in [0.05, 0.1) is 20.0 Å². The first-order chi connectivity index (χ1) is 11.7. The molecule has 1 saturated heterocycles. The Bertz CT molecular complexity index is 549. The number of nitrogens with zero attached hydrogens (tertiary/aromatic N) is 2. The quantitative estimate of drug-likeness (QED) is 0.683. The molecule has 1 aromatic rings. The second kappa shape index (κ2) is 9.18. The molecule has 1 heterocycles. The van der Waals surface area contributed by atoms with E-state index in [9.17, 15) is 4.79 Å². The molecular formula is C18H28N2O3S. The largest absolute Gasteiger partial charge is 0.493 e. The predicted molar refractivity (Wildman–Crippen MR) is 98.9 cm³/mol. The van der Waals surface area contributed by atoms with Gasteiger partial charge in [-0.1, -0.05) is 26.0 Å². The first-order valence-corrected chi connectivity index (χ1v) is 9.55. The van der Waals surface area contributed by atoms with Gasteiger partial charge in [-0.15, -0.1) is 11.8 Å². The second-order valence-electron chi connectivity index (χ2n) is 5.71. The summed E-state index contributed by atoms with van der Waals surface area (Å²) in [7, 11) is 3.28. The van der Waals surface area contributed by atoms with Gasteiger partial charge >= 0.3 is 0 Å². The lowest BCUT2D eigenvalue weighted by Gasteiger charge is -2.27. The maximum Gasteiger partial charge on any atom is 0.233 e. The highest BCUT2D eigenvalue weighted by Gasteiger charge is 2.34. The van der Waals surface area contributed by atoms with Gasteiger partial charge in [-0.25, -0.2) is 0 Å². The molecule has 1 aromatic carbocycles. The Morgan fingerprint density at radius 1 is 1.25 bits per heavy atom. The summed E-state index contributed by atoms with van der Waals surface area (Å²) in [5.74, 6) is 2.16. The van der Waals surface area contributed by atoms with Crippen LogP contribution in [0.15, 0.2) is 18.2 Å². The van der Waals surface area contributed by atoms with Gasteiger partial charge in [0.25, 0.3) is 0 Å². The lowest BCUT2D eigenvalue weighted by atomic mass is 10.1. The first-order valence-electron chi connectivity index (χ1n) is 8.50. The van der Waals surface area contributed by atoms with Crippen LogP contribution in [0.5, 0.6) is 11.5 Å². The second-order valence-corrected chi connectivity index (χ2v) is 6.78. The normalized spacial score (nSPS) is 17.6. The Labute approximate surface area is 149 Å². The van der Waals surface area contributed by atoms with Crippen molar-refractivity contribution in [3.63, 3.8) is 0 Å². The van der Waals surface area contributed by atoms with Crippen molar-refractivity contribution in [1.82, 2.24) is 9.80 Å². The van der Waals surface area contributed by atoms with Gasteiger partial charge in [0.2, 0.25) is 5.91 Å². The van der Waals surface area contributed by atoms with Gasteiger partial charge < -0.3 is 19.3 Å². The van der Waals surface area contributed by atoms with Gasteiger partial charge in [0.1, 0.15) is 5.37 Å². The number of methoxy groups -OCH3 is 2. The highest BCUT2D eigenvalue weighted by Crippen LogP contribution is 2.45. The van der Waals surface area contributed by atoms with Crippen LogP contribution in [0.3, 0.4) is 0 Å². The number of para-hydroxylation sites is 1. The highest BCUT2D eigenvalue weighted by atomic mass is 32.2. The lowest BCUT2D eigenvalue weighted by Crippen LogP contribution is -2.32. The molecule has 0 bridgehead atoms. The van der Waals surface area contributed by atoms with Crippen molar-refractivity contribution < 1.29 is 14.3 Å². The first kappa shape index (κ1) is 18.9. The molecule has 0 radical (unpaired) electrons. The van der Waals surface area contributed by atoms with Crippen molar-refractivity contribution in [1.29, 1.82) is 0 Å². The Morgan fingerprint density at radius 2 is 2.00 bits per heavy atom. The van der Waals surface area contributed by atoms with E-state index in [-0.39, 0.29) is 11.3 Å². The molecule has 1 aliphatic rings. The zero-order valence-electron chi connectivity index (χ0n) is 15.1. The van der Waals surface area contributed by atoms with Gasteiger partial charge in [0.15, 0.2) is 11.5 Å². The number of carbonyl (C=O) groups is 1. The van der Waals surface area contributed by atoms with Crippen molar-refractivity contribution in [3.8, 4) is 11.5 Å². The number of ether oxygens (including phenoxy) is 2. The van der Waals surface area contributed by atoms with Gasteiger partial charge in [0, 0.05) is 12.1 Å². The third-order valence-corrected chi connectivity index (χ3v) is 5.67. The van der Waals surface area contributed by atoms with Crippen LogP contribution in [0.4, 0.5) is 0 Å². The SMILES string of the molecule is CCN(CC)CCCN1C(=O)CSC1c1cccc(OC)c1OC. The topological polar surface area (TPSA) is 42.0 Å². The maximum atomic E-state index is 12.3. The van der Waals surface area contributed by atoms with E-state index >= 15 is 0 Å². The minimum absolute atomic E-state index is 0.000692. The van der Waals surface area contributed by atoms with E-state index in [1.54, 1.807) is 26.0 Å².